The van der Waals surface area contributed by atoms with Gasteiger partial charge in [-0.25, -0.2) is 0 Å². The molecule has 0 radical (unpaired) electrons. The van der Waals surface area contributed by atoms with Crippen LogP contribution in [0.15, 0.2) is 76.6 Å². The van der Waals surface area contributed by atoms with Gasteiger partial charge in [0.25, 0.3) is 5.91 Å². The van der Waals surface area contributed by atoms with E-state index in [1.165, 1.54) is 0 Å². The summed E-state index contributed by atoms with van der Waals surface area (Å²) in [6.45, 7) is 0.431. The topological polar surface area (TPSA) is 68.0 Å². The third-order valence-electron chi connectivity index (χ3n) is 4.07. The number of thiophene rings is 1. The molecular formula is C21H17N3O2S. The van der Waals surface area contributed by atoms with Crippen LogP contribution in [0, 0.1) is 0 Å². The molecule has 0 bridgehead atoms. The van der Waals surface area contributed by atoms with Crippen molar-refractivity contribution in [1.82, 2.24) is 15.5 Å². The molecule has 0 aliphatic heterocycles. The number of carbonyl (C=O) groups excluding carboxylic acids is 1. The first-order chi connectivity index (χ1) is 13.3. The van der Waals surface area contributed by atoms with Crippen molar-refractivity contribution in [2.45, 2.75) is 6.42 Å². The molecule has 0 aliphatic carbocycles. The van der Waals surface area contributed by atoms with Crippen LogP contribution in [0.5, 0.6) is 0 Å². The molecule has 0 saturated carbocycles. The van der Waals surface area contributed by atoms with Crippen LogP contribution in [0.2, 0.25) is 0 Å². The lowest BCUT2D eigenvalue weighted by Gasteiger charge is -2.06. The maximum atomic E-state index is 12.4. The fraction of sp³-hybridized carbons (Fsp3) is 0.0952. The van der Waals surface area contributed by atoms with Gasteiger partial charge in [-0.3, -0.25) is 4.79 Å². The lowest BCUT2D eigenvalue weighted by molar-refractivity contribution is 0.0953. The molecule has 2 aromatic heterocycles. The highest BCUT2D eigenvalue weighted by Gasteiger charge is 2.11. The summed E-state index contributed by atoms with van der Waals surface area (Å²) in [6, 6.07) is 21.5. The average Bonchev–Trinajstić information content (AvgIpc) is 3.40. The number of aromatic nitrogens is 2. The summed E-state index contributed by atoms with van der Waals surface area (Å²) in [5, 5.41) is 8.84. The molecule has 6 heteroatoms. The molecule has 4 aromatic rings. The maximum absolute atomic E-state index is 12.4. The van der Waals surface area contributed by atoms with Gasteiger partial charge in [-0.2, -0.15) is 4.98 Å². The van der Waals surface area contributed by atoms with Crippen molar-refractivity contribution >= 4 is 17.2 Å². The molecule has 2 aromatic carbocycles. The second-order valence-electron chi connectivity index (χ2n) is 5.94. The summed E-state index contributed by atoms with van der Waals surface area (Å²) in [5.41, 5.74) is 2.72. The second-order valence-corrected chi connectivity index (χ2v) is 6.89. The number of hydrogen-bond donors (Lipinski definition) is 1. The third-order valence-corrected chi connectivity index (χ3v) is 4.93. The molecule has 5 nitrogen and oxygen atoms in total. The van der Waals surface area contributed by atoms with E-state index in [2.05, 4.69) is 15.5 Å². The standard InChI is InChI=1S/C21H17N3O2S/c25-21(17-9-4-8-16(14-17)15-6-2-1-3-7-15)22-12-11-19-23-20(24-26-19)18-10-5-13-27-18/h1-10,13-14H,11-12H2,(H,22,25). The molecular weight excluding hydrogens is 358 g/mol. The lowest BCUT2D eigenvalue weighted by atomic mass is 10.0. The largest absolute Gasteiger partial charge is 0.352 e. The molecule has 1 N–H and O–H groups in total. The van der Waals surface area contributed by atoms with E-state index in [1.54, 1.807) is 11.3 Å². The zero-order chi connectivity index (χ0) is 18.5. The Labute approximate surface area is 160 Å². The Morgan fingerprint density at radius 3 is 2.67 bits per heavy atom. The van der Waals surface area contributed by atoms with E-state index in [4.69, 9.17) is 4.52 Å². The van der Waals surface area contributed by atoms with E-state index >= 15 is 0 Å². The highest BCUT2D eigenvalue weighted by molar-refractivity contribution is 7.13. The molecule has 4 rings (SSSR count). The van der Waals surface area contributed by atoms with Crippen LogP contribution in [-0.2, 0) is 6.42 Å². The number of benzene rings is 2. The van der Waals surface area contributed by atoms with Crippen LogP contribution in [0.4, 0.5) is 0 Å². The zero-order valence-electron chi connectivity index (χ0n) is 14.5. The number of nitrogens with one attached hydrogen (secondary N) is 1. The van der Waals surface area contributed by atoms with Gasteiger partial charge in [-0.05, 0) is 34.7 Å². The first-order valence-electron chi connectivity index (χ1n) is 8.60. The number of rotatable bonds is 6. The van der Waals surface area contributed by atoms with Gasteiger partial charge in [0.05, 0.1) is 4.88 Å². The second kappa shape index (κ2) is 7.97. The minimum atomic E-state index is -0.120. The van der Waals surface area contributed by atoms with Crippen LogP contribution in [-0.4, -0.2) is 22.6 Å². The Morgan fingerprint density at radius 1 is 1.00 bits per heavy atom. The van der Waals surface area contributed by atoms with E-state index in [-0.39, 0.29) is 5.91 Å². The van der Waals surface area contributed by atoms with Gasteiger partial charge < -0.3 is 9.84 Å². The van der Waals surface area contributed by atoms with E-state index in [1.807, 2.05) is 72.1 Å². The molecule has 134 valence electrons. The number of amides is 1. The Balaban J connectivity index is 1.36. The third kappa shape index (κ3) is 4.12. The van der Waals surface area contributed by atoms with Gasteiger partial charge in [-0.1, -0.05) is 53.7 Å². The van der Waals surface area contributed by atoms with E-state index < -0.39 is 0 Å². The summed E-state index contributed by atoms with van der Waals surface area (Å²) in [4.78, 5) is 17.8. The number of nitrogens with zero attached hydrogens (tertiary/aromatic N) is 2. The average molecular weight is 375 g/mol. The van der Waals surface area contributed by atoms with E-state index in [0.29, 0.717) is 30.2 Å². The zero-order valence-corrected chi connectivity index (χ0v) is 15.3. The molecule has 0 aliphatic rings. The van der Waals surface area contributed by atoms with Crippen molar-refractivity contribution in [3.05, 3.63) is 83.6 Å². The Bertz CT molecular complexity index is 1030. The van der Waals surface area contributed by atoms with Crippen molar-refractivity contribution in [3.63, 3.8) is 0 Å². The molecule has 2 heterocycles. The highest BCUT2D eigenvalue weighted by atomic mass is 32.1. The molecule has 1 amide bonds. The predicted octanol–water partition coefficient (Wildman–Crippen LogP) is 4.44. The van der Waals surface area contributed by atoms with Crippen LogP contribution in [0.1, 0.15) is 16.2 Å². The van der Waals surface area contributed by atoms with Crippen LogP contribution >= 0.6 is 11.3 Å². The van der Waals surface area contributed by atoms with Crippen LogP contribution < -0.4 is 5.32 Å². The summed E-state index contributed by atoms with van der Waals surface area (Å²) < 4.78 is 5.25. The molecule has 0 saturated heterocycles. The van der Waals surface area contributed by atoms with Gasteiger partial charge >= 0.3 is 0 Å². The molecule has 0 atom stereocenters. The highest BCUT2D eigenvalue weighted by Crippen LogP contribution is 2.21. The van der Waals surface area contributed by atoms with Gasteiger partial charge in [0.2, 0.25) is 11.7 Å². The smallest absolute Gasteiger partial charge is 0.251 e. The van der Waals surface area contributed by atoms with Crippen LogP contribution in [0.3, 0.4) is 0 Å². The summed E-state index contributed by atoms with van der Waals surface area (Å²) in [6.07, 6.45) is 0.489. The minimum absolute atomic E-state index is 0.120. The monoisotopic (exact) mass is 375 g/mol. The van der Waals surface area contributed by atoms with Crippen molar-refractivity contribution in [3.8, 4) is 21.8 Å². The number of carbonyl (C=O) groups is 1. The van der Waals surface area contributed by atoms with Crippen LogP contribution in [0.25, 0.3) is 21.8 Å². The lowest BCUT2D eigenvalue weighted by Crippen LogP contribution is -2.25. The summed E-state index contributed by atoms with van der Waals surface area (Å²) >= 11 is 1.56. The van der Waals surface area contributed by atoms with Gasteiger partial charge in [-0.15, -0.1) is 11.3 Å². The predicted molar refractivity (Wildman–Crippen MR) is 106 cm³/mol. The van der Waals surface area contributed by atoms with Crippen molar-refractivity contribution in [2.24, 2.45) is 0 Å². The van der Waals surface area contributed by atoms with Crippen molar-refractivity contribution in [1.29, 1.82) is 0 Å². The Hall–Kier alpha value is -3.25. The fourth-order valence-electron chi connectivity index (χ4n) is 2.72. The number of hydrogen-bond acceptors (Lipinski definition) is 5. The SMILES string of the molecule is O=C(NCCc1nc(-c2cccs2)no1)c1cccc(-c2ccccc2)c1. The molecule has 0 spiro atoms. The Morgan fingerprint density at radius 2 is 1.85 bits per heavy atom. The fourth-order valence-corrected chi connectivity index (χ4v) is 3.37. The summed E-state index contributed by atoms with van der Waals surface area (Å²) in [7, 11) is 0. The first-order valence-corrected chi connectivity index (χ1v) is 9.48. The Kier molecular flexibility index (Phi) is 5.07. The van der Waals surface area contributed by atoms with Crippen molar-refractivity contribution < 1.29 is 9.32 Å². The van der Waals surface area contributed by atoms with Gasteiger partial charge in [0, 0.05) is 18.5 Å². The van der Waals surface area contributed by atoms with E-state index in [9.17, 15) is 4.79 Å². The minimum Gasteiger partial charge on any atom is -0.352 e. The van der Waals surface area contributed by atoms with Crippen molar-refractivity contribution in [2.75, 3.05) is 6.54 Å². The maximum Gasteiger partial charge on any atom is 0.251 e. The van der Waals surface area contributed by atoms with Gasteiger partial charge in [0.15, 0.2) is 0 Å². The molecule has 27 heavy (non-hydrogen) atoms. The first kappa shape index (κ1) is 17.2. The van der Waals surface area contributed by atoms with E-state index in [0.717, 1.165) is 16.0 Å². The molecule has 0 fully saturated rings. The normalized spacial score (nSPS) is 10.7. The quantitative estimate of drug-likeness (QED) is 0.541. The van der Waals surface area contributed by atoms with Gasteiger partial charge in [0.1, 0.15) is 0 Å². The summed E-state index contributed by atoms with van der Waals surface area (Å²) in [5.74, 6) is 0.976. The molecule has 0 unspecified atom stereocenters.